The molecular formula is C17H17N5. The van der Waals surface area contributed by atoms with Crippen molar-refractivity contribution in [1.82, 2.24) is 15.0 Å². The molecule has 2 aromatic heterocycles. The summed E-state index contributed by atoms with van der Waals surface area (Å²) in [7, 11) is 0. The van der Waals surface area contributed by atoms with E-state index in [1.165, 1.54) is 5.56 Å². The van der Waals surface area contributed by atoms with Crippen molar-refractivity contribution in [3.05, 3.63) is 72.2 Å². The van der Waals surface area contributed by atoms with Crippen LogP contribution in [0.15, 0.2) is 60.9 Å². The molecule has 3 aromatic rings. The second-order valence-electron chi connectivity index (χ2n) is 4.93. The lowest BCUT2D eigenvalue weighted by Gasteiger charge is -2.08. The summed E-state index contributed by atoms with van der Waals surface area (Å²) in [5.41, 5.74) is 3.13. The fourth-order valence-corrected chi connectivity index (χ4v) is 2.05. The number of hydrogen-bond donors (Lipinski definition) is 2. The van der Waals surface area contributed by atoms with Crippen LogP contribution in [0, 0.1) is 6.92 Å². The number of hydrogen-bond acceptors (Lipinski definition) is 5. The number of nitrogens with one attached hydrogen (secondary N) is 2. The van der Waals surface area contributed by atoms with Crippen LogP contribution in [0.2, 0.25) is 0 Å². The molecular weight excluding hydrogens is 274 g/mol. The van der Waals surface area contributed by atoms with Crippen molar-refractivity contribution >= 4 is 17.5 Å². The van der Waals surface area contributed by atoms with Gasteiger partial charge in [-0.25, -0.2) is 4.98 Å². The van der Waals surface area contributed by atoms with Gasteiger partial charge in [-0.2, -0.15) is 4.98 Å². The molecule has 0 aliphatic carbocycles. The summed E-state index contributed by atoms with van der Waals surface area (Å²) in [5, 5.41) is 6.45. The molecule has 110 valence electrons. The van der Waals surface area contributed by atoms with E-state index < -0.39 is 0 Å². The SMILES string of the molecule is Cc1cccc(Nc2nccc(NCc3ccccn3)n2)c1. The minimum absolute atomic E-state index is 0.566. The maximum atomic E-state index is 4.45. The maximum Gasteiger partial charge on any atom is 0.229 e. The molecule has 0 radical (unpaired) electrons. The fourth-order valence-electron chi connectivity index (χ4n) is 2.05. The Morgan fingerprint density at radius 1 is 0.955 bits per heavy atom. The van der Waals surface area contributed by atoms with Gasteiger partial charge < -0.3 is 10.6 Å². The van der Waals surface area contributed by atoms with Gasteiger partial charge in [0.2, 0.25) is 5.95 Å². The average molecular weight is 291 g/mol. The van der Waals surface area contributed by atoms with E-state index in [4.69, 9.17) is 0 Å². The first-order chi connectivity index (χ1) is 10.8. The Kier molecular flexibility index (Phi) is 4.25. The molecule has 5 nitrogen and oxygen atoms in total. The van der Waals surface area contributed by atoms with Gasteiger partial charge in [0.25, 0.3) is 0 Å². The van der Waals surface area contributed by atoms with E-state index in [2.05, 4.69) is 44.6 Å². The van der Waals surface area contributed by atoms with Gasteiger partial charge in [0.1, 0.15) is 5.82 Å². The van der Waals surface area contributed by atoms with Crippen LogP contribution < -0.4 is 10.6 Å². The van der Waals surface area contributed by atoms with Crippen LogP contribution >= 0.6 is 0 Å². The lowest BCUT2D eigenvalue weighted by molar-refractivity contribution is 1.02. The van der Waals surface area contributed by atoms with Crippen LogP contribution in [0.1, 0.15) is 11.3 Å². The zero-order valence-electron chi connectivity index (χ0n) is 12.3. The molecule has 0 bridgehead atoms. The first-order valence-electron chi connectivity index (χ1n) is 7.10. The van der Waals surface area contributed by atoms with Gasteiger partial charge >= 0.3 is 0 Å². The van der Waals surface area contributed by atoms with Crippen molar-refractivity contribution in [2.24, 2.45) is 0 Å². The van der Waals surface area contributed by atoms with Gasteiger partial charge in [-0.1, -0.05) is 18.2 Å². The van der Waals surface area contributed by atoms with Gasteiger partial charge in [-0.15, -0.1) is 0 Å². The molecule has 0 spiro atoms. The zero-order valence-corrected chi connectivity index (χ0v) is 12.3. The van der Waals surface area contributed by atoms with Gasteiger partial charge in [-0.05, 0) is 42.8 Å². The van der Waals surface area contributed by atoms with Crippen molar-refractivity contribution in [3.63, 3.8) is 0 Å². The minimum Gasteiger partial charge on any atom is -0.364 e. The van der Waals surface area contributed by atoms with Crippen molar-refractivity contribution in [3.8, 4) is 0 Å². The van der Waals surface area contributed by atoms with E-state index in [-0.39, 0.29) is 0 Å². The van der Waals surface area contributed by atoms with Gasteiger partial charge in [-0.3, -0.25) is 4.98 Å². The van der Waals surface area contributed by atoms with Crippen molar-refractivity contribution in [2.45, 2.75) is 13.5 Å². The molecule has 2 N–H and O–H groups in total. The standard InChI is InChI=1S/C17H17N5/c1-13-5-4-7-14(11-13)21-17-19-10-8-16(22-17)20-12-15-6-2-3-9-18-15/h2-11H,12H2,1H3,(H2,19,20,21,22). The fraction of sp³-hybridized carbons (Fsp3) is 0.118. The van der Waals surface area contributed by atoms with Crippen LogP contribution in [0.5, 0.6) is 0 Å². The lowest BCUT2D eigenvalue weighted by atomic mass is 10.2. The maximum absolute atomic E-state index is 4.45. The third-order valence-corrected chi connectivity index (χ3v) is 3.11. The highest BCUT2D eigenvalue weighted by Crippen LogP contribution is 2.15. The van der Waals surface area contributed by atoms with E-state index in [1.807, 2.05) is 36.4 Å². The van der Waals surface area contributed by atoms with Crippen LogP contribution in [-0.2, 0) is 6.54 Å². The van der Waals surface area contributed by atoms with Gasteiger partial charge in [0, 0.05) is 18.1 Å². The van der Waals surface area contributed by atoms with E-state index in [9.17, 15) is 0 Å². The Morgan fingerprint density at radius 3 is 2.73 bits per heavy atom. The topological polar surface area (TPSA) is 62.7 Å². The van der Waals surface area contributed by atoms with Crippen LogP contribution in [0.4, 0.5) is 17.5 Å². The molecule has 0 fully saturated rings. The van der Waals surface area contributed by atoms with Gasteiger partial charge in [0.05, 0.1) is 12.2 Å². The van der Waals surface area contributed by atoms with E-state index in [1.54, 1.807) is 12.4 Å². The number of pyridine rings is 1. The van der Waals surface area contributed by atoms with Gasteiger partial charge in [0.15, 0.2) is 0 Å². The smallest absolute Gasteiger partial charge is 0.229 e. The molecule has 0 saturated carbocycles. The van der Waals surface area contributed by atoms with E-state index in [0.29, 0.717) is 12.5 Å². The first-order valence-corrected chi connectivity index (χ1v) is 7.10. The Labute approximate surface area is 129 Å². The first kappa shape index (κ1) is 14.0. The molecule has 2 heterocycles. The quantitative estimate of drug-likeness (QED) is 0.753. The molecule has 3 rings (SSSR count). The number of rotatable bonds is 5. The summed E-state index contributed by atoms with van der Waals surface area (Å²) < 4.78 is 0. The zero-order chi connectivity index (χ0) is 15.2. The predicted octanol–water partition coefficient (Wildman–Crippen LogP) is 3.54. The molecule has 22 heavy (non-hydrogen) atoms. The number of benzene rings is 1. The molecule has 0 atom stereocenters. The largest absolute Gasteiger partial charge is 0.364 e. The highest BCUT2D eigenvalue weighted by Gasteiger charge is 2.01. The van der Waals surface area contributed by atoms with Crippen molar-refractivity contribution in [1.29, 1.82) is 0 Å². The summed E-state index contributed by atoms with van der Waals surface area (Å²) in [6.07, 6.45) is 3.51. The number of anilines is 3. The molecule has 0 amide bonds. The Balaban J connectivity index is 1.67. The van der Waals surface area contributed by atoms with Crippen LogP contribution in [0.25, 0.3) is 0 Å². The lowest BCUT2D eigenvalue weighted by Crippen LogP contribution is -2.05. The molecule has 0 saturated heterocycles. The molecule has 0 aliphatic rings. The van der Waals surface area contributed by atoms with E-state index >= 15 is 0 Å². The summed E-state index contributed by atoms with van der Waals surface area (Å²) in [6, 6.07) is 15.8. The average Bonchev–Trinajstić information content (AvgIpc) is 2.54. The number of aryl methyl sites for hydroxylation is 1. The highest BCUT2D eigenvalue weighted by molar-refractivity contribution is 5.55. The highest BCUT2D eigenvalue weighted by atomic mass is 15.1. The Morgan fingerprint density at radius 2 is 1.91 bits per heavy atom. The predicted molar refractivity (Wildman–Crippen MR) is 88.1 cm³/mol. The van der Waals surface area contributed by atoms with Crippen LogP contribution in [0.3, 0.4) is 0 Å². The molecule has 1 aromatic carbocycles. The van der Waals surface area contributed by atoms with Crippen molar-refractivity contribution in [2.75, 3.05) is 10.6 Å². The molecule has 0 aliphatic heterocycles. The molecule has 0 unspecified atom stereocenters. The normalized spacial score (nSPS) is 10.2. The van der Waals surface area contributed by atoms with Crippen LogP contribution in [-0.4, -0.2) is 15.0 Å². The summed E-state index contributed by atoms with van der Waals surface area (Å²) in [4.78, 5) is 13.0. The Hall–Kier alpha value is -2.95. The Bertz CT molecular complexity index is 743. The monoisotopic (exact) mass is 291 g/mol. The third-order valence-electron chi connectivity index (χ3n) is 3.11. The molecule has 5 heteroatoms. The third kappa shape index (κ3) is 3.79. The summed E-state index contributed by atoms with van der Waals surface area (Å²) in [6.45, 7) is 2.68. The number of nitrogens with zero attached hydrogens (tertiary/aromatic N) is 3. The van der Waals surface area contributed by atoms with Crippen molar-refractivity contribution < 1.29 is 0 Å². The minimum atomic E-state index is 0.566. The summed E-state index contributed by atoms with van der Waals surface area (Å²) in [5.74, 6) is 1.33. The second-order valence-corrected chi connectivity index (χ2v) is 4.93. The number of aromatic nitrogens is 3. The summed E-state index contributed by atoms with van der Waals surface area (Å²) >= 11 is 0. The second kappa shape index (κ2) is 6.67. The van der Waals surface area contributed by atoms with E-state index in [0.717, 1.165) is 17.2 Å².